The fraction of sp³-hybridized carbons (Fsp3) is 0.500. The summed E-state index contributed by atoms with van der Waals surface area (Å²) < 4.78 is 80.8. The maximum atomic E-state index is 17.1. The van der Waals surface area contributed by atoms with Crippen molar-refractivity contribution in [2.24, 2.45) is 0 Å². The Hall–Kier alpha value is -10.7. The van der Waals surface area contributed by atoms with Gasteiger partial charge in [-0.3, -0.25) is 24.0 Å². The van der Waals surface area contributed by atoms with Crippen molar-refractivity contribution in [2.75, 3.05) is 61.0 Å². The molecule has 0 bridgehead atoms. The largest absolute Gasteiger partial charge is 0.507 e. The van der Waals surface area contributed by atoms with E-state index in [-0.39, 0.29) is 0 Å². The molecule has 6 heterocycles. The van der Waals surface area contributed by atoms with Gasteiger partial charge in [0, 0.05) is 36.1 Å². The molecule has 6 aromatic carbocycles. The molecule has 33 atom stereocenters. The lowest BCUT2D eigenvalue weighted by Gasteiger charge is -2.55. The number of phenolic OH excluding ortho intramolecular Hbond substituents is 6. The van der Waals surface area contributed by atoms with E-state index in [1.807, 2.05) is 0 Å². The minimum atomic E-state index is -3.65. The van der Waals surface area contributed by atoms with Crippen LogP contribution in [0.2, 0.25) is 0 Å². The number of ketones is 3. The van der Waals surface area contributed by atoms with Crippen LogP contribution in [0.15, 0.2) is 78.9 Å². The molecule has 48 heteroatoms. The molecule has 6 saturated heterocycles. The lowest BCUT2D eigenvalue weighted by Crippen LogP contribution is -2.68. The number of carbonyl (C=O) groups is 8. The number of phenols is 6. The van der Waals surface area contributed by atoms with Crippen molar-refractivity contribution in [1.82, 2.24) is 0 Å². The molecule has 736 valence electrons. The van der Waals surface area contributed by atoms with Gasteiger partial charge in [0.2, 0.25) is 17.3 Å². The second-order valence-corrected chi connectivity index (χ2v) is 34.0. The molecule has 6 aromatic rings. The predicted octanol–water partition coefficient (Wildman–Crippen LogP) is -9.04. The number of aliphatic hydroxyl groups excluding tert-OH is 19. The Balaban J connectivity index is 1.05. The van der Waals surface area contributed by atoms with Gasteiger partial charge in [-0.25, -0.2) is 14.4 Å². The van der Waals surface area contributed by atoms with Crippen molar-refractivity contribution in [3.63, 3.8) is 0 Å². The number of fused-ring (bicyclic) bond motifs is 6. The third-order valence-corrected chi connectivity index (χ3v) is 26.6. The summed E-state index contributed by atoms with van der Waals surface area (Å²) in [5.41, 5.74) is -28.1. The number of esters is 5. The van der Waals surface area contributed by atoms with Crippen molar-refractivity contribution in [1.29, 1.82) is 0 Å². The van der Waals surface area contributed by atoms with Crippen molar-refractivity contribution in [2.45, 2.75) is 214 Å². The quantitative estimate of drug-likeness (QED) is 0.0222. The highest BCUT2D eigenvalue weighted by molar-refractivity contribution is 6.21. The highest BCUT2D eigenvalue weighted by Gasteiger charge is 2.68. The molecule has 6 aliphatic heterocycles. The van der Waals surface area contributed by atoms with Crippen LogP contribution in [-0.4, -0.2) is 425 Å². The molecule has 0 radical (unpaired) electrons. The van der Waals surface area contributed by atoms with Gasteiger partial charge in [0.25, 0.3) is 0 Å². The summed E-state index contributed by atoms with van der Waals surface area (Å²) in [6.07, 6.45) is -70.8. The molecule has 0 spiro atoms. The van der Waals surface area contributed by atoms with E-state index >= 15 is 14.4 Å². The van der Waals surface area contributed by atoms with Gasteiger partial charge in [0.1, 0.15) is 218 Å². The number of ether oxygens (including phenoxy) is 14. The number of aromatic hydroxyl groups is 6. The summed E-state index contributed by atoms with van der Waals surface area (Å²) in [6, 6.07) is 9.72. The zero-order chi connectivity index (χ0) is 99.1. The van der Waals surface area contributed by atoms with Crippen molar-refractivity contribution < 1.29 is 237 Å². The molecule has 15 rings (SSSR count). The second kappa shape index (κ2) is 37.9. The van der Waals surface area contributed by atoms with E-state index in [1.54, 1.807) is 0 Å². The molecule has 48 nitrogen and oxygen atoms in total. The standard InChI is InChI=1S/C88H96O48/c1-25(93)126-23-46-75(135-84-72(117)63(108)57(102)43(20-90)132-84)66(111)69(114)78(129-46)86(30-7-6-8-38(95)48(30)59(104)49-35(86)13-27(16-39(49)96)80(119)123-3)33-11-9-31-52(54(33)99)60(105)50-36(14-28(17-40(50)97)81(120)124-4)87(31,77-68(113)65(110)74(45(22-92)128-77)134-83-71(116)62(107)56(101)42(19-89)131-83)34-12-10-32-53(55(34)100)61(106)51-37(15-29(18-41(51)98)82(121)125-5)88(32,122)79-70(115)67(112)76(47(130-79)24-127-26(2)94)136-85-73(118)64(109)58(103)44(21-91)133-85/h6-18,42-47,56-58,62-79,83-85,89-92,95-103,107-118,122H,19-24H2,1-5H3/t42-,43-,44-,45-,46-,47-,56-,57-,58-,62+,63+,64+,65-,66-,67-,68-,69-,70-,71-,72-,73-,74-,75-,76-,77-,78-,79-,83+,84+,85+,86?,87?,88?/m1/s1. The predicted molar refractivity (Wildman–Crippen MR) is 434 cm³/mol. The van der Waals surface area contributed by atoms with E-state index in [0.717, 1.165) is 71.6 Å². The summed E-state index contributed by atoms with van der Waals surface area (Å²) in [4.78, 5) is 118. The van der Waals surface area contributed by atoms with Gasteiger partial charge in [0.05, 0.1) is 109 Å². The first kappa shape index (κ1) is 99.8. The van der Waals surface area contributed by atoms with Crippen LogP contribution in [0.5, 0.6) is 34.5 Å². The van der Waals surface area contributed by atoms with E-state index in [1.165, 1.54) is 0 Å². The number of hydrogen-bond acceptors (Lipinski definition) is 48. The fourth-order valence-corrected chi connectivity index (χ4v) is 20.1. The fourth-order valence-electron chi connectivity index (χ4n) is 20.1. The molecule has 0 saturated carbocycles. The van der Waals surface area contributed by atoms with Crippen LogP contribution in [0.25, 0.3) is 0 Å². The third kappa shape index (κ3) is 15.7. The van der Waals surface area contributed by atoms with Crippen LogP contribution in [0.3, 0.4) is 0 Å². The Labute approximate surface area is 764 Å². The number of benzene rings is 6. The van der Waals surface area contributed by atoms with Crippen LogP contribution in [0.4, 0.5) is 0 Å². The normalized spacial score (nSPS) is 36.2. The molecule has 6 fully saturated rings. The van der Waals surface area contributed by atoms with Crippen LogP contribution in [-0.2, 0) is 92.3 Å². The van der Waals surface area contributed by atoms with E-state index in [4.69, 9.17) is 66.3 Å². The number of methoxy groups -OCH3 is 3. The Bertz CT molecular complexity index is 5680. The average molecular weight is 1920 g/mol. The van der Waals surface area contributed by atoms with Gasteiger partial charge in [-0.2, -0.15) is 0 Å². The summed E-state index contributed by atoms with van der Waals surface area (Å²) >= 11 is 0. The van der Waals surface area contributed by atoms with E-state index in [0.29, 0.717) is 42.5 Å². The maximum Gasteiger partial charge on any atom is 0.337 e. The molecule has 3 unspecified atom stereocenters. The lowest BCUT2D eigenvalue weighted by atomic mass is 9.54. The first-order valence-electron chi connectivity index (χ1n) is 42.0. The first-order valence-corrected chi connectivity index (χ1v) is 42.0. The van der Waals surface area contributed by atoms with E-state index < -0.39 is 416 Å². The SMILES string of the molecule is COC(=O)c1cc(O)c2c(c1)C(O)([C@@H]1O[C@H](COC(C)=O)[C@@H](O[C@@H]3O[C@H](CO)[C@@H](O)[C@H](O)[C@H]3O)[C@H](O)[C@H]1O)c1ccc(C3([C@@H]4O[C@H](CO)[C@@H](O[C@@H]5O[C@H](CO)[C@@H](O)[C@H](O)[C@H]5O)[C@H](O)[C@H]4O)c4cc(C(=O)OC)cc(O)c4C(=O)c4c3ccc(C3([C@@H]5O[C@H](COC(C)=O)[C@@H](O[C@@H]6O[C@H](CO)[C@@H](O)[C@H](O)[C@H]6O)[C@H](O)[C@H]5O)c5cccc(O)c5C(=O)c5c(O)cc(C(=O)OC)cc53)c4O)c(O)c1C2=O. The van der Waals surface area contributed by atoms with Gasteiger partial charge in [0.15, 0.2) is 18.9 Å². The molecule has 136 heavy (non-hydrogen) atoms. The summed E-state index contributed by atoms with van der Waals surface area (Å²) in [6.45, 7) is -5.35. The van der Waals surface area contributed by atoms with Crippen LogP contribution in [0.1, 0.15) is 137 Å². The van der Waals surface area contributed by atoms with Gasteiger partial charge in [-0.15, -0.1) is 0 Å². The van der Waals surface area contributed by atoms with Crippen LogP contribution >= 0.6 is 0 Å². The second-order valence-electron chi connectivity index (χ2n) is 34.0. The third-order valence-electron chi connectivity index (χ3n) is 26.6. The van der Waals surface area contributed by atoms with Crippen molar-refractivity contribution in [3.8, 4) is 34.5 Å². The van der Waals surface area contributed by atoms with Crippen LogP contribution in [0, 0.1) is 0 Å². The Kier molecular flexibility index (Phi) is 27.8. The van der Waals surface area contributed by atoms with E-state index in [2.05, 4.69) is 0 Å². The molecule has 0 aromatic heterocycles. The highest BCUT2D eigenvalue weighted by Crippen LogP contribution is 2.64. The van der Waals surface area contributed by atoms with Gasteiger partial charge in [-0.05, 0) is 64.7 Å². The zero-order valence-electron chi connectivity index (χ0n) is 71.7. The number of carbonyl (C=O) groups excluding carboxylic acids is 8. The molecular weight excluding hydrogens is 1820 g/mol. The summed E-state index contributed by atoms with van der Waals surface area (Å²) in [7, 11) is 2.49. The lowest BCUT2D eigenvalue weighted by molar-refractivity contribution is -0.348. The molecular formula is C88H96O48. The molecule has 9 aliphatic rings. The highest BCUT2D eigenvalue weighted by atomic mass is 16.7. The van der Waals surface area contributed by atoms with Crippen molar-refractivity contribution in [3.05, 3.63) is 173 Å². The Morgan fingerprint density at radius 2 is 0.618 bits per heavy atom. The number of aliphatic hydroxyl groups is 20. The Morgan fingerprint density at radius 1 is 0.316 bits per heavy atom. The smallest absolute Gasteiger partial charge is 0.337 e. The topological polar surface area (TPSA) is 792 Å². The van der Waals surface area contributed by atoms with Gasteiger partial charge < -0.3 is 199 Å². The van der Waals surface area contributed by atoms with E-state index in [9.17, 15) is 157 Å². The minimum absolute atomic E-state index is 0.560. The van der Waals surface area contributed by atoms with Crippen molar-refractivity contribution >= 4 is 47.2 Å². The molecule has 3 aliphatic carbocycles. The number of rotatable bonds is 22. The van der Waals surface area contributed by atoms with Crippen LogP contribution < -0.4 is 0 Å². The summed E-state index contributed by atoms with van der Waals surface area (Å²) in [5, 5.41) is 315. The van der Waals surface area contributed by atoms with Gasteiger partial charge in [-0.1, -0.05) is 36.4 Å². The Morgan fingerprint density at radius 3 is 0.985 bits per heavy atom. The summed E-state index contributed by atoms with van der Waals surface area (Å²) in [5.74, 6) is -19.6. The first-order chi connectivity index (χ1) is 64.4. The maximum absolute atomic E-state index is 17.1. The minimum Gasteiger partial charge on any atom is -0.507 e. The molecule has 0 amide bonds. The molecule has 26 N–H and O–H groups in total. The monoisotopic (exact) mass is 1920 g/mol. The average Bonchev–Trinajstić information content (AvgIpc) is 0.663. The zero-order valence-corrected chi connectivity index (χ0v) is 71.7. The number of hydrogen-bond donors (Lipinski definition) is 26. The van der Waals surface area contributed by atoms with Gasteiger partial charge >= 0.3 is 29.8 Å².